The van der Waals surface area contributed by atoms with E-state index in [0.717, 1.165) is 0 Å². The molecule has 0 spiro atoms. The third-order valence-corrected chi connectivity index (χ3v) is 2.06. The van der Waals surface area contributed by atoms with Gasteiger partial charge in [0.05, 0.1) is 12.7 Å². The Balaban J connectivity index is 1.89. The highest BCUT2D eigenvalue weighted by molar-refractivity contribution is 5.54. The van der Waals surface area contributed by atoms with Gasteiger partial charge in [0.2, 0.25) is 0 Å². The molecule has 0 amide bonds. The Labute approximate surface area is 92.1 Å². The van der Waals surface area contributed by atoms with Gasteiger partial charge in [-0.3, -0.25) is 4.68 Å². The van der Waals surface area contributed by atoms with Crippen molar-refractivity contribution in [3.63, 3.8) is 0 Å². The first-order valence-corrected chi connectivity index (χ1v) is 4.88. The Bertz CT molecular complexity index is 434. The van der Waals surface area contributed by atoms with Gasteiger partial charge < -0.3 is 11.1 Å². The van der Waals surface area contributed by atoms with Crippen LogP contribution < -0.4 is 11.1 Å². The van der Waals surface area contributed by atoms with Crippen molar-refractivity contribution >= 4 is 11.4 Å². The summed E-state index contributed by atoms with van der Waals surface area (Å²) in [4.78, 5) is 0. The number of halogens is 1. The van der Waals surface area contributed by atoms with Crippen molar-refractivity contribution in [1.29, 1.82) is 0 Å². The van der Waals surface area contributed by atoms with E-state index in [1.807, 2.05) is 0 Å². The highest BCUT2D eigenvalue weighted by Gasteiger charge is 1.98. The number of aromatic nitrogens is 3. The average molecular weight is 221 g/mol. The van der Waals surface area contributed by atoms with E-state index in [4.69, 9.17) is 5.73 Å². The molecule has 0 atom stereocenters. The third kappa shape index (κ3) is 2.69. The van der Waals surface area contributed by atoms with Gasteiger partial charge >= 0.3 is 0 Å². The van der Waals surface area contributed by atoms with E-state index >= 15 is 0 Å². The number of nitrogens with one attached hydrogen (secondary N) is 1. The Kier molecular flexibility index (Phi) is 3.00. The fraction of sp³-hybridized carbons (Fsp3) is 0.200. The first kappa shape index (κ1) is 10.4. The molecule has 1 aromatic carbocycles. The van der Waals surface area contributed by atoms with Crippen molar-refractivity contribution in [3.8, 4) is 0 Å². The highest BCUT2D eigenvalue weighted by Crippen LogP contribution is 2.14. The van der Waals surface area contributed by atoms with Crippen LogP contribution in [0.2, 0.25) is 0 Å². The molecule has 16 heavy (non-hydrogen) atoms. The summed E-state index contributed by atoms with van der Waals surface area (Å²) in [6.45, 7) is 1.29. The van der Waals surface area contributed by atoms with Crippen molar-refractivity contribution in [3.05, 3.63) is 36.4 Å². The van der Waals surface area contributed by atoms with E-state index in [1.165, 1.54) is 12.1 Å². The Hall–Kier alpha value is -2.11. The summed E-state index contributed by atoms with van der Waals surface area (Å²) in [5, 5.41) is 10.5. The van der Waals surface area contributed by atoms with Gasteiger partial charge in [-0.15, -0.1) is 5.10 Å². The van der Waals surface area contributed by atoms with Gasteiger partial charge in [0, 0.05) is 24.1 Å². The summed E-state index contributed by atoms with van der Waals surface area (Å²) in [5.41, 5.74) is 6.59. The normalized spacial score (nSPS) is 10.3. The van der Waals surface area contributed by atoms with Gasteiger partial charge in [-0.2, -0.15) is 0 Å². The minimum atomic E-state index is -0.344. The molecule has 0 aliphatic heterocycles. The molecule has 6 heteroatoms. The van der Waals surface area contributed by atoms with Crippen LogP contribution >= 0.6 is 0 Å². The molecule has 84 valence electrons. The molecule has 0 saturated heterocycles. The van der Waals surface area contributed by atoms with Crippen molar-refractivity contribution in [1.82, 2.24) is 15.0 Å². The molecule has 1 heterocycles. The molecule has 2 rings (SSSR count). The van der Waals surface area contributed by atoms with Gasteiger partial charge in [-0.25, -0.2) is 4.39 Å². The van der Waals surface area contributed by atoms with Gasteiger partial charge in [-0.05, 0) is 18.2 Å². The van der Waals surface area contributed by atoms with Gasteiger partial charge in [0.1, 0.15) is 5.82 Å². The number of anilines is 2. The van der Waals surface area contributed by atoms with Crippen molar-refractivity contribution in [2.45, 2.75) is 6.54 Å². The van der Waals surface area contributed by atoms with Crippen LogP contribution in [-0.4, -0.2) is 21.5 Å². The molecule has 1 aromatic heterocycles. The second kappa shape index (κ2) is 4.61. The molecule has 0 bridgehead atoms. The Morgan fingerprint density at radius 3 is 2.94 bits per heavy atom. The maximum absolute atomic E-state index is 13.0. The predicted molar refractivity (Wildman–Crippen MR) is 59.3 cm³/mol. The lowest BCUT2D eigenvalue weighted by Crippen LogP contribution is -2.11. The summed E-state index contributed by atoms with van der Waals surface area (Å²) in [6.07, 6.45) is 3.38. The molecule has 0 unspecified atom stereocenters. The van der Waals surface area contributed by atoms with E-state index in [1.54, 1.807) is 23.1 Å². The van der Waals surface area contributed by atoms with Crippen LogP contribution in [0, 0.1) is 5.82 Å². The molecule has 0 radical (unpaired) electrons. The van der Waals surface area contributed by atoms with Gasteiger partial charge in [0.15, 0.2) is 0 Å². The molecule has 2 aromatic rings. The zero-order chi connectivity index (χ0) is 11.4. The van der Waals surface area contributed by atoms with Crippen LogP contribution in [0.1, 0.15) is 0 Å². The average Bonchev–Trinajstić information content (AvgIpc) is 2.69. The van der Waals surface area contributed by atoms with E-state index in [0.29, 0.717) is 24.5 Å². The first-order valence-electron chi connectivity index (χ1n) is 4.88. The lowest BCUT2D eigenvalue weighted by molar-refractivity contribution is 0.607. The van der Waals surface area contributed by atoms with E-state index in [9.17, 15) is 4.39 Å². The first-order chi connectivity index (χ1) is 7.74. The quantitative estimate of drug-likeness (QED) is 0.759. The van der Waals surface area contributed by atoms with E-state index in [-0.39, 0.29) is 5.82 Å². The Morgan fingerprint density at radius 1 is 1.38 bits per heavy atom. The summed E-state index contributed by atoms with van der Waals surface area (Å²) in [6, 6.07) is 4.37. The molecule has 0 saturated carbocycles. The van der Waals surface area contributed by atoms with Gasteiger partial charge in [-0.1, -0.05) is 5.21 Å². The van der Waals surface area contributed by atoms with Crippen molar-refractivity contribution < 1.29 is 4.39 Å². The minimum absolute atomic E-state index is 0.344. The van der Waals surface area contributed by atoms with E-state index < -0.39 is 0 Å². The fourth-order valence-electron chi connectivity index (χ4n) is 1.38. The highest BCUT2D eigenvalue weighted by atomic mass is 19.1. The smallest absolute Gasteiger partial charge is 0.127 e. The zero-order valence-corrected chi connectivity index (χ0v) is 8.60. The molecule has 3 N–H and O–H groups in total. The lowest BCUT2D eigenvalue weighted by Gasteiger charge is -2.07. The monoisotopic (exact) mass is 221 g/mol. The molecular weight excluding hydrogens is 209 g/mol. The largest absolute Gasteiger partial charge is 0.399 e. The summed E-state index contributed by atoms with van der Waals surface area (Å²) in [5.74, 6) is -0.344. The molecule has 0 aliphatic carbocycles. The predicted octanol–water partition coefficient (Wildman–Crippen LogP) is 1.11. The van der Waals surface area contributed by atoms with Crippen LogP contribution in [0.4, 0.5) is 15.8 Å². The third-order valence-electron chi connectivity index (χ3n) is 2.06. The lowest BCUT2D eigenvalue weighted by atomic mass is 10.2. The molecule has 5 nitrogen and oxygen atoms in total. The maximum Gasteiger partial charge on any atom is 0.127 e. The number of benzene rings is 1. The standard InChI is InChI=1S/C10H12FN5/c11-8-5-9(12)7-10(6-8)13-1-3-16-4-2-14-15-16/h2,4-7,13H,1,3,12H2. The number of nitrogens with zero attached hydrogens (tertiary/aromatic N) is 3. The summed E-state index contributed by atoms with van der Waals surface area (Å²) < 4.78 is 14.7. The zero-order valence-electron chi connectivity index (χ0n) is 8.60. The molecule has 0 aliphatic rings. The van der Waals surface area contributed by atoms with E-state index in [2.05, 4.69) is 15.6 Å². The van der Waals surface area contributed by atoms with Crippen molar-refractivity contribution in [2.24, 2.45) is 0 Å². The van der Waals surface area contributed by atoms with Crippen LogP contribution in [0.3, 0.4) is 0 Å². The maximum atomic E-state index is 13.0. The second-order valence-corrected chi connectivity index (χ2v) is 3.37. The topological polar surface area (TPSA) is 68.8 Å². The van der Waals surface area contributed by atoms with Crippen LogP contribution in [-0.2, 0) is 6.54 Å². The fourth-order valence-corrected chi connectivity index (χ4v) is 1.38. The number of rotatable bonds is 4. The molecule has 0 fully saturated rings. The van der Waals surface area contributed by atoms with Crippen molar-refractivity contribution in [2.75, 3.05) is 17.6 Å². The minimum Gasteiger partial charge on any atom is -0.399 e. The number of nitrogens with two attached hydrogens (primary N) is 1. The van der Waals surface area contributed by atoms with Crippen LogP contribution in [0.5, 0.6) is 0 Å². The summed E-state index contributed by atoms with van der Waals surface area (Å²) in [7, 11) is 0. The summed E-state index contributed by atoms with van der Waals surface area (Å²) >= 11 is 0. The van der Waals surface area contributed by atoms with Crippen LogP contribution in [0.25, 0.3) is 0 Å². The van der Waals surface area contributed by atoms with Gasteiger partial charge in [0.25, 0.3) is 0 Å². The second-order valence-electron chi connectivity index (χ2n) is 3.37. The molecular formula is C10H12FN5. The van der Waals surface area contributed by atoms with Crippen LogP contribution in [0.15, 0.2) is 30.6 Å². The SMILES string of the molecule is Nc1cc(F)cc(NCCn2ccnn2)c1. The number of nitrogen functional groups attached to an aromatic ring is 1. The number of hydrogen-bond acceptors (Lipinski definition) is 4. The Morgan fingerprint density at radius 2 is 2.25 bits per heavy atom. The number of hydrogen-bond donors (Lipinski definition) is 2.